The van der Waals surface area contributed by atoms with Gasteiger partial charge < -0.3 is 19.7 Å². The summed E-state index contributed by atoms with van der Waals surface area (Å²) in [6.45, 7) is 12.9. The third-order valence-corrected chi connectivity index (χ3v) is 7.49. The molecule has 5 rings (SSSR count). The maximum absolute atomic E-state index is 13.4. The summed E-state index contributed by atoms with van der Waals surface area (Å²) in [6.07, 6.45) is 1.84. The van der Waals surface area contributed by atoms with E-state index in [1.165, 1.54) is 0 Å². The van der Waals surface area contributed by atoms with Crippen LogP contribution in [0, 0.1) is 11.3 Å². The molecule has 5 nitrogen and oxygen atoms in total. The van der Waals surface area contributed by atoms with Crippen LogP contribution in [0.25, 0.3) is 0 Å². The van der Waals surface area contributed by atoms with Gasteiger partial charge in [0, 0.05) is 29.2 Å². The van der Waals surface area contributed by atoms with Crippen molar-refractivity contribution >= 4 is 5.97 Å². The number of ether oxygens (including phenoxy) is 2. The van der Waals surface area contributed by atoms with Crippen LogP contribution in [0.4, 0.5) is 0 Å². The first-order chi connectivity index (χ1) is 13.0. The highest BCUT2D eigenvalue weighted by Gasteiger charge is 2.73. The zero-order chi connectivity index (χ0) is 20.6. The molecule has 5 heteroatoms. The van der Waals surface area contributed by atoms with Crippen molar-refractivity contribution in [2.24, 2.45) is 11.3 Å². The zero-order valence-electron chi connectivity index (χ0n) is 17.8. The van der Waals surface area contributed by atoms with Crippen LogP contribution in [0.2, 0.25) is 0 Å². The van der Waals surface area contributed by atoms with Gasteiger partial charge in [0.25, 0.3) is 0 Å². The summed E-state index contributed by atoms with van der Waals surface area (Å²) in [5.74, 6) is -0.656. The van der Waals surface area contributed by atoms with Crippen LogP contribution in [0.15, 0.2) is 6.07 Å². The zero-order valence-corrected chi connectivity index (χ0v) is 17.8. The van der Waals surface area contributed by atoms with Gasteiger partial charge in [-0.05, 0) is 44.1 Å². The maximum Gasteiger partial charge on any atom is 0.317 e. The lowest BCUT2D eigenvalue weighted by atomic mass is 9.43. The highest BCUT2D eigenvalue weighted by Crippen LogP contribution is 2.70. The van der Waals surface area contributed by atoms with Gasteiger partial charge in [-0.25, -0.2) is 0 Å². The fourth-order valence-electron chi connectivity index (χ4n) is 6.77. The van der Waals surface area contributed by atoms with Gasteiger partial charge >= 0.3 is 5.97 Å². The second-order valence-corrected chi connectivity index (χ2v) is 9.93. The minimum absolute atomic E-state index is 0.0294. The number of hydrogen-bond donors (Lipinski definition) is 2. The quantitative estimate of drug-likeness (QED) is 0.580. The summed E-state index contributed by atoms with van der Waals surface area (Å²) in [4.78, 5) is 13.4. The minimum atomic E-state index is -0.993. The Morgan fingerprint density at radius 3 is 2.50 bits per heavy atom. The van der Waals surface area contributed by atoms with Crippen molar-refractivity contribution < 1.29 is 24.5 Å². The second-order valence-electron chi connectivity index (χ2n) is 9.93. The fourth-order valence-corrected chi connectivity index (χ4v) is 6.77. The number of esters is 1. The molecule has 0 unspecified atom stereocenters. The van der Waals surface area contributed by atoms with E-state index in [0.717, 1.165) is 18.4 Å². The molecule has 2 bridgehead atoms. The van der Waals surface area contributed by atoms with E-state index in [1.54, 1.807) is 0 Å². The molecule has 1 saturated heterocycles. The van der Waals surface area contributed by atoms with Crippen molar-refractivity contribution in [1.29, 1.82) is 0 Å². The van der Waals surface area contributed by atoms with E-state index in [2.05, 4.69) is 20.8 Å². The molecule has 2 fully saturated rings. The van der Waals surface area contributed by atoms with E-state index in [1.807, 2.05) is 26.8 Å². The standard InChI is InChI=1S/C23H32O5/c1-7-27-22(6)18-14-11-13(12(2)3)16(24)17(25)15(14)23(20(26)28-18)10-8-9-21(4,5)19(22)23/h11-12,18-19,24-25H,7-10H2,1-6H3/t18-,19-,22-,23+/m1/s1. The average molecular weight is 389 g/mol. The minimum Gasteiger partial charge on any atom is -0.504 e. The largest absolute Gasteiger partial charge is 0.504 e. The van der Waals surface area contributed by atoms with Crippen molar-refractivity contribution in [1.82, 2.24) is 0 Å². The number of carbonyl (C=O) groups is 1. The molecule has 2 aliphatic heterocycles. The molecule has 0 aromatic heterocycles. The van der Waals surface area contributed by atoms with Gasteiger partial charge in [-0.1, -0.05) is 34.1 Å². The van der Waals surface area contributed by atoms with Crippen LogP contribution in [0.3, 0.4) is 0 Å². The molecule has 28 heavy (non-hydrogen) atoms. The normalized spacial score (nSPS) is 35.5. The van der Waals surface area contributed by atoms with Crippen molar-refractivity contribution in [3.05, 3.63) is 22.8 Å². The Bertz CT molecular complexity index is 842. The van der Waals surface area contributed by atoms with Gasteiger partial charge in [0.15, 0.2) is 17.6 Å². The SMILES string of the molecule is CCO[C@]1(C)[C@@H]2OC(=O)[C@@]3(CCCC(C)(C)[C@H]13)c1c2cc(C(C)C)c(O)c1O. The van der Waals surface area contributed by atoms with Gasteiger partial charge in [0.05, 0.1) is 0 Å². The second kappa shape index (κ2) is 5.88. The molecule has 4 aliphatic rings. The molecular formula is C23H32O5. The molecule has 0 radical (unpaired) electrons. The van der Waals surface area contributed by atoms with Gasteiger partial charge in [-0.3, -0.25) is 4.79 Å². The van der Waals surface area contributed by atoms with Crippen molar-refractivity contribution in [3.63, 3.8) is 0 Å². The summed E-state index contributed by atoms with van der Waals surface area (Å²) in [5, 5.41) is 21.9. The van der Waals surface area contributed by atoms with Gasteiger partial charge in [0.2, 0.25) is 0 Å². The van der Waals surface area contributed by atoms with Gasteiger partial charge in [-0.15, -0.1) is 0 Å². The first kappa shape index (κ1) is 19.6. The third-order valence-electron chi connectivity index (χ3n) is 7.49. The lowest BCUT2D eigenvalue weighted by molar-refractivity contribution is -0.259. The molecular weight excluding hydrogens is 356 g/mol. The topological polar surface area (TPSA) is 76.0 Å². The highest BCUT2D eigenvalue weighted by atomic mass is 16.6. The van der Waals surface area contributed by atoms with E-state index in [9.17, 15) is 15.0 Å². The lowest BCUT2D eigenvalue weighted by Gasteiger charge is -2.65. The molecule has 0 amide bonds. The molecule has 1 aromatic rings. The van der Waals surface area contributed by atoms with Crippen molar-refractivity contribution in [2.75, 3.05) is 6.61 Å². The number of benzene rings is 1. The van der Waals surface area contributed by atoms with E-state index in [-0.39, 0.29) is 34.7 Å². The lowest BCUT2D eigenvalue weighted by Crippen LogP contribution is -2.71. The average Bonchev–Trinajstić information content (AvgIpc) is 2.58. The molecule has 4 atom stereocenters. The molecule has 1 saturated carbocycles. The maximum atomic E-state index is 13.4. The Balaban J connectivity index is 2.10. The third kappa shape index (κ3) is 2.14. The van der Waals surface area contributed by atoms with Crippen LogP contribution >= 0.6 is 0 Å². The van der Waals surface area contributed by atoms with E-state index in [0.29, 0.717) is 24.2 Å². The Kier molecular flexibility index (Phi) is 4.11. The van der Waals surface area contributed by atoms with Gasteiger partial charge in [0.1, 0.15) is 11.0 Å². The Morgan fingerprint density at radius 2 is 1.89 bits per heavy atom. The molecule has 154 valence electrons. The Hall–Kier alpha value is -1.75. The van der Waals surface area contributed by atoms with Crippen LogP contribution in [0.1, 0.15) is 89.5 Å². The molecule has 1 aromatic carbocycles. The molecule has 2 aliphatic carbocycles. The number of carbonyl (C=O) groups excluding carboxylic acids is 1. The fraction of sp³-hybridized carbons (Fsp3) is 0.696. The number of phenolic OH excluding ortho intramolecular Hbond substituents is 2. The molecule has 1 spiro atoms. The van der Waals surface area contributed by atoms with E-state index >= 15 is 0 Å². The van der Waals surface area contributed by atoms with Crippen LogP contribution < -0.4 is 0 Å². The number of rotatable bonds is 3. The number of aromatic hydroxyl groups is 2. The predicted octanol–water partition coefficient (Wildman–Crippen LogP) is 4.69. The monoisotopic (exact) mass is 388 g/mol. The summed E-state index contributed by atoms with van der Waals surface area (Å²) in [5.41, 5.74) is 0.191. The van der Waals surface area contributed by atoms with E-state index < -0.39 is 17.1 Å². The summed E-state index contributed by atoms with van der Waals surface area (Å²) < 4.78 is 12.4. The summed E-state index contributed by atoms with van der Waals surface area (Å²) in [7, 11) is 0. The van der Waals surface area contributed by atoms with Crippen molar-refractivity contribution in [2.45, 2.75) is 83.8 Å². The van der Waals surface area contributed by atoms with Crippen LogP contribution in [0.5, 0.6) is 11.5 Å². The Labute approximate surface area is 167 Å². The summed E-state index contributed by atoms with van der Waals surface area (Å²) in [6, 6.07) is 1.92. The van der Waals surface area contributed by atoms with Crippen LogP contribution in [-0.2, 0) is 19.7 Å². The molecule has 2 N–H and O–H groups in total. The number of phenols is 2. The summed E-state index contributed by atoms with van der Waals surface area (Å²) >= 11 is 0. The van der Waals surface area contributed by atoms with Crippen molar-refractivity contribution in [3.8, 4) is 11.5 Å². The predicted molar refractivity (Wildman–Crippen MR) is 106 cm³/mol. The first-order valence-electron chi connectivity index (χ1n) is 10.5. The number of hydrogen-bond acceptors (Lipinski definition) is 5. The van der Waals surface area contributed by atoms with E-state index in [4.69, 9.17) is 9.47 Å². The first-order valence-corrected chi connectivity index (χ1v) is 10.5. The van der Waals surface area contributed by atoms with Gasteiger partial charge in [-0.2, -0.15) is 0 Å². The number of fused-ring (bicyclic) bond motifs is 1. The highest BCUT2D eigenvalue weighted by molar-refractivity contribution is 5.90. The Morgan fingerprint density at radius 1 is 1.21 bits per heavy atom. The van der Waals surface area contributed by atoms with Crippen LogP contribution in [-0.4, -0.2) is 28.4 Å². The molecule has 2 heterocycles. The smallest absolute Gasteiger partial charge is 0.317 e.